The average Bonchev–Trinajstić information content (AvgIpc) is 3.03. The Morgan fingerprint density at radius 3 is 2.34 bits per heavy atom. The second-order valence-electron chi connectivity index (χ2n) is 5.74. The van der Waals surface area contributed by atoms with Crippen LogP contribution >= 0.6 is 34.5 Å². The van der Waals surface area contributed by atoms with Gasteiger partial charge in [-0.2, -0.15) is 4.99 Å². The lowest BCUT2D eigenvalue weighted by atomic mass is 10.1. The Hall–Kier alpha value is -2.55. The number of hydrogen-bond donors (Lipinski definition) is 0. The van der Waals surface area contributed by atoms with Gasteiger partial charge >= 0.3 is 5.97 Å². The minimum atomic E-state index is -0.591. The highest BCUT2D eigenvalue weighted by molar-refractivity contribution is 7.16. The molecule has 0 unspecified atom stereocenters. The summed E-state index contributed by atoms with van der Waals surface area (Å²) in [6.07, 6.45) is 0. The van der Waals surface area contributed by atoms with E-state index in [1.54, 1.807) is 30.3 Å². The number of carbonyl (C=O) groups is 2. The van der Waals surface area contributed by atoms with Gasteiger partial charge in [0.05, 0.1) is 36.6 Å². The van der Waals surface area contributed by atoms with Crippen LogP contribution in [0.4, 0.5) is 0 Å². The summed E-state index contributed by atoms with van der Waals surface area (Å²) in [5.74, 6) is -0.467. The lowest BCUT2D eigenvalue weighted by molar-refractivity contribution is -0.141. The van der Waals surface area contributed by atoms with Crippen LogP contribution in [0, 0.1) is 0 Å². The number of aromatic nitrogens is 1. The first-order valence-corrected chi connectivity index (χ1v) is 9.82. The van der Waals surface area contributed by atoms with Crippen LogP contribution in [0.1, 0.15) is 10.4 Å². The van der Waals surface area contributed by atoms with Crippen molar-refractivity contribution in [1.29, 1.82) is 0 Å². The number of benzene rings is 2. The van der Waals surface area contributed by atoms with E-state index in [-0.39, 0.29) is 16.9 Å². The molecule has 1 heterocycles. The summed E-state index contributed by atoms with van der Waals surface area (Å²) in [6.45, 7) is -0.174. The molecule has 0 N–H and O–H groups in total. The Balaban J connectivity index is 2.25. The molecule has 7 nitrogen and oxygen atoms in total. The van der Waals surface area contributed by atoms with Gasteiger partial charge in [0, 0.05) is 5.02 Å². The fraction of sp³-hybridized carbons (Fsp3) is 0.211. The van der Waals surface area contributed by atoms with Crippen molar-refractivity contribution in [2.45, 2.75) is 6.54 Å². The van der Waals surface area contributed by atoms with Crippen molar-refractivity contribution in [3.05, 3.63) is 50.7 Å². The third kappa shape index (κ3) is 4.24. The third-order valence-corrected chi connectivity index (χ3v) is 5.58. The maximum atomic E-state index is 13.0. The molecule has 0 fully saturated rings. The second-order valence-corrected chi connectivity index (χ2v) is 7.59. The van der Waals surface area contributed by atoms with Crippen LogP contribution in [0.5, 0.6) is 11.5 Å². The van der Waals surface area contributed by atoms with E-state index in [9.17, 15) is 9.59 Å². The van der Waals surface area contributed by atoms with Crippen LogP contribution in [0.2, 0.25) is 10.0 Å². The highest BCUT2D eigenvalue weighted by Gasteiger charge is 2.20. The summed E-state index contributed by atoms with van der Waals surface area (Å²) in [6, 6.07) is 8.22. The van der Waals surface area contributed by atoms with Gasteiger partial charge in [-0.05, 0) is 24.3 Å². The molecule has 0 aliphatic rings. The number of nitrogens with zero attached hydrogens (tertiary/aromatic N) is 2. The molecular formula is C19H16Cl2N2O5S. The van der Waals surface area contributed by atoms with Crippen LogP contribution in [-0.2, 0) is 16.1 Å². The predicted molar refractivity (Wildman–Crippen MR) is 111 cm³/mol. The molecule has 0 saturated heterocycles. The number of thiazole rings is 1. The molecule has 2 aromatic carbocycles. The van der Waals surface area contributed by atoms with Crippen LogP contribution in [0.3, 0.4) is 0 Å². The van der Waals surface area contributed by atoms with E-state index in [1.807, 2.05) is 0 Å². The maximum Gasteiger partial charge on any atom is 0.325 e. The first-order chi connectivity index (χ1) is 13.9. The molecule has 3 rings (SSSR count). The third-order valence-electron chi connectivity index (χ3n) is 4.05. The van der Waals surface area contributed by atoms with Gasteiger partial charge in [-0.15, -0.1) is 0 Å². The molecule has 152 valence electrons. The van der Waals surface area contributed by atoms with E-state index in [0.29, 0.717) is 31.8 Å². The zero-order valence-electron chi connectivity index (χ0n) is 15.7. The van der Waals surface area contributed by atoms with E-state index in [2.05, 4.69) is 4.99 Å². The smallest absolute Gasteiger partial charge is 0.325 e. The van der Waals surface area contributed by atoms with Crippen LogP contribution < -0.4 is 14.3 Å². The van der Waals surface area contributed by atoms with E-state index in [1.165, 1.54) is 37.2 Å². The van der Waals surface area contributed by atoms with Crippen molar-refractivity contribution in [3.63, 3.8) is 0 Å². The number of hydrogen-bond acceptors (Lipinski definition) is 6. The average molecular weight is 455 g/mol. The fourth-order valence-electron chi connectivity index (χ4n) is 2.76. The lowest BCUT2D eigenvalue weighted by Gasteiger charge is -2.10. The second kappa shape index (κ2) is 8.86. The molecule has 0 radical (unpaired) electrons. The van der Waals surface area contributed by atoms with Gasteiger partial charge in [-0.25, -0.2) is 0 Å². The van der Waals surface area contributed by atoms with Gasteiger partial charge in [0.25, 0.3) is 5.91 Å². The summed E-state index contributed by atoms with van der Waals surface area (Å²) in [5.41, 5.74) is 0.703. The van der Waals surface area contributed by atoms with Crippen molar-refractivity contribution in [2.24, 2.45) is 4.99 Å². The topological polar surface area (TPSA) is 79.1 Å². The number of fused-ring (bicyclic) bond motifs is 1. The summed E-state index contributed by atoms with van der Waals surface area (Å²) >= 11 is 13.6. The Bertz CT molecular complexity index is 1150. The minimum Gasteiger partial charge on any atom is -0.496 e. The minimum absolute atomic E-state index is 0.170. The zero-order chi connectivity index (χ0) is 21.1. The number of methoxy groups -OCH3 is 3. The molecule has 0 spiro atoms. The zero-order valence-corrected chi connectivity index (χ0v) is 18.0. The molecule has 1 aromatic heterocycles. The normalized spacial score (nSPS) is 11.6. The summed E-state index contributed by atoms with van der Waals surface area (Å²) in [4.78, 5) is 29.4. The Morgan fingerprint density at radius 1 is 1.10 bits per heavy atom. The molecule has 3 aromatic rings. The Kier molecular flexibility index (Phi) is 6.46. The van der Waals surface area contributed by atoms with Crippen LogP contribution in [0.15, 0.2) is 35.3 Å². The first kappa shape index (κ1) is 21.2. The Labute approximate surface area is 180 Å². The van der Waals surface area contributed by atoms with Crippen LogP contribution in [0.25, 0.3) is 10.2 Å². The number of ether oxygens (including phenoxy) is 3. The van der Waals surface area contributed by atoms with E-state index in [4.69, 9.17) is 37.4 Å². The molecule has 0 bridgehead atoms. The molecule has 0 aliphatic heterocycles. The molecule has 0 saturated carbocycles. The number of esters is 1. The summed E-state index contributed by atoms with van der Waals surface area (Å²) < 4.78 is 17.5. The number of rotatable bonds is 5. The van der Waals surface area contributed by atoms with E-state index >= 15 is 0 Å². The Morgan fingerprint density at radius 2 is 1.76 bits per heavy atom. The van der Waals surface area contributed by atoms with Gasteiger partial charge in [0.2, 0.25) is 0 Å². The number of halogens is 2. The van der Waals surface area contributed by atoms with Crippen LogP contribution in [-0.4, -0.2) is 37.8 Å². The molecule has 0 aliphatic carbocycles. The lowest BCUT2D eigenvalue weighted by Crippen LogP contribution is -2.22. The quantitative estimate of drug-likeness (QED) is 0.545. The van der Waals surface area contributed by atoms with Gasteiger partial charge in [-0.3, -0.25) is 9.59 Å². The predicted octanol–water partition coefficient (Wildman–Crippen LogP) is 3.94. The molecule has 0 atom stereocenters. The van der Waals surface area contributed by atoms with Crippen molar-refractivity contribution >= 4 is 56.6 Å². The maximum absolute atomic E-state index is 13.0. The van der Waals surface area contributed by atoms with Gasteiger partial charge in [-0.1, -0.05) is 40.6 Å². The first-order valence-electron chi connectivity index (χ1n) is 8.24. The highest BCUT2D eigenvalue weighted by atomic mass is 35.5. The van der Waals surface area contributed by atoms with Gasteiger partial charge < -0.3 is 18.8 Å². The standard InChI is InChI=1S/C19H16Cl2N2O5S/c1-26-12-5-4-6-13(27-2)16(12)18(25)22-19-23(9-15(24)28-3)17-11(21)7-10(20)8-14(17)29-19/h4-8H,9H2,1-3H3. The van der Waals surface area contributed by atoms with Crippen molar-refractivity contribution in [1.82, 2.24) is 4.57 Å². The van der Waals surface area contributed by atoms with E-state index < -0.39 is 11.9 Å². The molecule has 29 heavy (non-hydrogen) atoms. The highest BCUT2D eigenvalue weighted by Crippen LogP contribution is 2.31. The summed E-state index contributed by atoms with van der Waals surface area (Å²) in [7, 11) is 4.17. The fourth-order valence-corrected chi connectivity index (χ4v) is 4.57. The van der Waals surface area contributed by atoms with Crippen molar-refractivity contribution in [3.8, 4) is 11.5 Å². The SMILES string of the molecule is COC(=O)Cn1c(=NC(=O)c2c(OC)cccc2OC)sc2cc(Cl)cc(Cl)c21. The molecule has 10 heteroatoms. The number of carbonyl (C=O) groups excluding carboxylic acids is 2. The van der Waals surface area contributed by atoms with Gasteiger partial charge in [0.1, 0.15) is 23.6 Å². The molecular weight excluding hydrogens is 439 g/mol. The number of amides is 1. The van der Waals surface area contributed by atoms with E-state index in [0.717, 1.165) is 0 Å². The van der Waals surface area contributed by atoms with Gasteiger partial charge in [0.15, 0.2) is 4.80 Å². The largest absolute Gasteiger partial charge is 0.496 e. The van der Waals surface area contributed by atoms with Crippen molar-refractivity contribution in [2.75, 3.05) is 21.3 Å². The molecule has 1 amide bonds. The van der Waals surface area contributed by atoms with Crippen molar-refractivity contribution < 1.29 is 23.8 Å². The monoisotopic (exact) mass is 454 g/mol. The summed E-state index contributed by atoms with van der Waals surface area (Å²) in [5, 5.41) is 0.759.